The maximum absolute atomic E-state index is 6.53. The van der Waals surface area contributed by atoms with E-state index in [9.17, 15) is 0 Å². The van der Waals surface area contributed by atoms with Crippen molar-refractivity contribution < 1.29 is 14.2 Å². The van der Waals surface area contributed by atoms with Gasteiger partial charge in [0, 0.05) is 24.1 Å². The van der Waals surface area contributed by atoms with E-state index in [1.807, 2.05) is 7.11 Å². The van der Waals surface area contributed by atoms with Crippen molar-refractivity contribution in [1.29, 1.82) is 0 Å². The van der Waals surface area contributed by atoms with Crippen molar-refractivity contribution in [2.24, 2.45) is 5.92 Å². The van der Waals surface area contributed by atoms with Gasteiger partial charge < -0.3 is 19.5 Å². The minimum Gasteiger partial charge on any atom is -0.493 e. The van der Waals surface area contributed by atoms with Gasteiger partial charge in [0.1, 0.15) is 6.10 Å². The molecule has 1 N–H and O–H groups in total. The van der Waals surface area contributed by atoms with E-state index in [1.54, 1.807) is 7.11 Å². The zero-order valence-electron chi connectivity index (χ0n) is 13.2. The summed E-state index contributed by atoms with van der Waals surface area (Å²) in [5.74, 6) is 2.55. The molecule has 2 bridgehead atoms. The Morgan fingerprint density at radius 3 is 3.00 bits per heavy atom. The van der Waals surface area contributed by atoms with Crippen LogP contribution in [0.15, 0.2) is 12.1 Å². The number of hydrogen-bond donors (Lipinski definition) is 1. The van der Waals surface area contributed by atoms with Gasteiger partial charge >= 0.3 is 0 Å². The molecule has 4 aliphatic rings. The van der Waals surface area contributed by atoms with Crippen LogP contribution in [0.3, 0.4) is 0 Å². The standard InChI is InChI=1S/C18H23NO3/c1-20-13-5-3-10-9-12-11-4-6-14(21-2)17-18(11,7-8-19-12)15(10)16(13)22-17/h3,5,11-12,14,17,19H,4,6-9H2,1-2H3/t11-,12+,14?,17-,18-/m1/s1. The number of hydrogen-bond acceptors (Lipinski definition) is 4. The third-order valence-corrected chi connectivity index (χ3v) is 6.58. The summed E-state index contributed by atoms with van der Waals surface area (Å²) in [5.41, 5.74) is 3.02. The van der Waals surface area contributed by atoms with Crippen LogP contribution in [0.2, 0.25) is 0 Å². The molecule has 1 aromatic carbocycles. The normalized spacial score (nSPS) is 40.8. The van der Waals surface area contributed by atoms with Gasteiger partial charge in [-0.25, -0.2) is 0 Å². The fourth-order valence-corrected chi connectivity index (χ4v) is 5.81. The van der Waals surface area contributed by atoms with Gasteiger partial charge in [-0.3, -0.25) is 0 Å². The molecule has 118 valence electrons. The van der Waals surface area contributed by atoms with Crippen molar-refractivity contribution in [1.82, 2.24) is 5.32 Å². The molecule has 1 saturated carbocycles. The topological polar surface area (TPSA) is 39.7 Å². The van der Waals surface area contributed by atoms with Crippen LogP contribution in [0.25, 0.3) is 0 Å². The van der Waals surface area contributed by atoms with Gasteiger partial charge in [0.15, 0.2) is 11.5 Å². The van der Waals surface area contributed by atoms with Gasteiger partial charge in [0.25, 0.3) is 0 Å². The van der Waals surface area contributed by atoms with Crippen molar-refractivity contribution >= 4 is 0 Å². The lowest BCUT2D eigenvalue weighted by Gasteiger charge is -2.56. The average molecular weight is 301 g/mol. The minimum atomic E-state index is 0.131. The molecule has 2 fully saturated rings. The molecule has 0 amide bonds. The van der Waals surface area contributed by atoms with Crippen LogP contribution < -0.4 is 14.8 Å². The van der Waals surface area contributed by atoms with Crippen LogP contribution in [-0.4, -0.2) is 39.0 Å². The first kappa shape index (κ1) is 13.2. The molecule has 1 spiro atoms. The smallest absolute Gasteiger partial charge is 0.165 e. The van der Waals surface area contributed by atoms with E-state index < -0.39 is 0 Å². The summed E-state index contributed by atoms with van der Waals surface area (Å²) in [6.45, 7) is 1.08. The van der Waals surface area contributed by atoms with E-state index in [1.165, 1.54) is 17.5 Å². The molecule has 1 unspecified atom stereocenters. The molecule has 1 aromatic rings. The van der Waals surface area contributed by atoms with E-state index >= 15 is 0 Å². The highest BCUT2D eigenvalue weighted by molar-refractivity contribution is 5.61. The number of piperidine rings is 1. The number of ether oxygens (including phenoxy) is 3. The van der Waals surface area contributed by atoms with Crippen LogP contribution in [-0.2, 0) is 16.6 Å². The summed E-state index contributed by atoms with van der Waals surface area (Å²) < 4.78 is 17.9. The summed E-state index contributed by atoms with van der Waals surface area (Å²) in [6, 6.07) is 4.90. The maximum atomic E-state index is 6.53. The van der Waals surface area contributed by atoms with Crippen LogP contribution in [0.4, 0.5) is 0 Å². The highest BCUT2D eigenvalue weighted by Crippen LogP contribution is 2.62. The maximum Gasteiger partial charge on any atom is 0.165 e. The quantitative estimate of drug-likeness (QED) is 0.907. The van der Waals surface area contributed by atoms with Gasteiger partial charge in [-0.15, -0.1) is 0 Å². The molecule has 22 heavy (non-hydrogen) atoms. The molecule has 2 heterocycles. The number of methoxy groups -OCH3 is 2. The first-order chi connectivity index (χ1) is 10.8. The molecule has 1 saturated heterocycles. The second-order valence-electron chi connectivity index (χ2n) is 7.18. The number of benzene rings is 1. The summed E-state index contributed by atoms with van der Waals surface area (Å²) >= 11 is 0. The van der Waals surface area contributed by atoms with Crippen LogP contribution in [0, 0.1) is 5.92 Å². The Morgan fingerprint density at radius 2 is 2.18 bits per heavy atom. The summed E-state index contributed by atoms with van der Waals surface area (Å²) in [4.78, 5) is 0. The summed E-state index contributed by atoms with van der Waals surface area (Å²) in [6.07, 6.45) is 4.92. The van der Waals surface area contributed by atoms with Gasteiger partial charge in [-0.2, -0.15) is 0 Å². The number of nitrogens with one attached hydrogen (secondary N) is 1. The van der Waals surface area contributed by atoms with Crippen molar-refractivity contribution in [3.05, 3.63) is 23.3 Å². The van der Waals surface area contributed by atoms with E-state index in [-0.39, 0.29) is 17.6 Å². The monoisotopic (exact) mass is 301 g/mol. The van der Waals surface area contributed by atoms with Gasteiger partial charge in [-0.1, -0.05) is 6.07 Å². The Balaban J connectivity index is 1.78. The van der Waals surface area contributed by atoms with Crippen molar-refractivity contribution in [2.75, 3.05) is 20.8 Å². The van der Waals surface area contributed by atoms with Crippen molar-refractivity contribution in [3.8, 4) is 11.5 Å². The minimum absolute atomic E-state index is 0.131. The SMILES string of the molecule is COc1ccc2c3c1O[C@@H]1C(OC)CC[C@@H]4[C@H](C2)NCC[C@@]314. The van der Waals surface area contributed by atoms with Gasteiger partial charge in [0.2, 0.25) is 0 Å². The molecule has 5 rings (SSSR count). The van der Waals surface area contributed by atoms with E-state index in [0.29, 0.717) is 12.0 Å². The fraction of sp³-hybridized carbons (Fsp3) is 0.667. The Kier molecular flexibility index (Phi) is 2.63. The molecule has 5 atom stereocenters. The molecule has 4 heteroatoms. The second-order valence-corrected chi connectivity index (χ2v) is 7.18. The predicted molar refractivity (Wildman–Crippen MR) is 82.7 cm³/mol. The average Bonchev–Trinajstić information content (AvgIpc) is 2.88. The van der Waals surface area contributed by atoms with E-state index in [0.717, 1.165) is 37.3 Å². The third kappa shape index (κ3) is 1.36. The third-order valence-electron chi connectivity index (χ3n) is 6.58. The Hall–Kier alpha value is -1.26. The summed E-state index contributed by atoms with van der Waals surface area (Å²) in [5, 5.41) is 3.76. The lowest BCUT2D eigenvalue weighted by molar-refractivity contribution is -0.0920. The largest absolute Gasteiger partial charge is 0.493 e. The molecule has 2 aliphatic carbocycles. The lowest BCUT2D eigenvalue weighted by atomic mass is 9.52. The predicted octanol–water partition coefficient (Wildman–Crippen LogP) is 2.04. The highest BCUT2D eigenvalue weighted by Gasteiger charge is 2.64. The Bertz CT molecular complexity index is 631. The Labute approximate surface area is 131 Å². The van der Waals surface area contributed by atoms with Crippen molar-refractivity contribution in [2.45, 2.75) is 49.3 Å². The zero-order valence-corrected chi connectivity index (χ0v) is 13.2. The molecule has 0 radical (unpaired) electrons. The molecular formula is C18H23NO3. The molecule has 4 nitrogen and oxygen atoms in total. The van der Waals surface area contributed by atoms with Crippen LogP contribution in [0.5, 0.6) is 11.5 Å². The second kappa shape index (κ2) is 4.39. The zero-order chi connectivity index (χ0) is 14.9. The summed E-state index contributed by atoms with van der Waals surface area (Å²) in [7, 11) is 3.56. The number of rotatable bonds is 2. The van der Waals surface area contributed by atoms with Crippen molar-refractivity contribution in [3.63, 3.8) is 0 Å². The molecule has 0 aromatic heterocycles. The van der Waals surface area contributed by atoms with E-state index in [2.05, 4.69) is 17.4 Å². The highest BCUT2D eigenvalue weighted by atomic mass is 16.6. The lowest BCUT2D eigenvalue weighted by Crippen LogP contribution is -2.66. The first-order valence-electron chi connectivity index (χ1n) is 8.42. The van der Waals surface area contributed by atoms with E-state index in [4.69, 9.17) is 14.2 Å². The van der Waals surface area contributed by atoms with Crippen LogP contribution >= 0.6 is 0 Å². The molecule has 2 aliphatic heterocycles. The van der Waals surface area contributed by atoms with Gasteiger partial charge in [-0.05, 0) is 49.8 Å². The first-order valence-corrected chi connectivity index (χ1v) is 8.42. The van der Waals surface area contributed by atoms with Crippen LogP contribution in [0.1, 0.15) is 30.4 Å². The Morgan fingerprint density at radius 1 is 1.27 bits per heavy atom. The fourth-order valence-electron chi connectivity index (χ4n) is 5.81. The molecular weight excluding hydrogens is 278 g/mol. The van der Waals surface area contributed by atoms with Gasteiger partial charge in [0.05, 0.1) is 13.2 Å².